The van der Waals surface area contributed by atoms with E-state index in [1.165, 1.54) is 25.3 Å². The zero-order chi connectivity index (χ0) is 20.8. The molecule has 0 spiro atoms. The number of rotatable bonds is 3. The molecule has 0 amide bonds. The van der Waals surface area contributed by atoms with Gasteiger partial charge in [0.05, 0.1) is 34.1 Å². The van der Waals surface area contributed by atoms with Crippen LogP contribution in [0.3, 0.4) is 0 Å². The molecule has 1 atom stereocenters. The maximum absolute atomic E-state index is 13.1. The zero-order valence-electron chi connectivity index (χ0n) is 16.1. The predicted octanol–water partition coefficient (Wildman–Crippen LogP) is 4.03. The van der Waals surface area contributed by atoms with Crippen LogP contribution in [-0.2, 0) is 14.3 Å². The summed E-state index contributed by atoms with van der Waals surface area (Å²) in [5, 5.41) is 15.0. The van der Waals surface area contributed by atoms with Gasteiger partial charge in [0, 0.05) is 29.5 Å². The summed E-state index contributed by atoms with van der Waals surface area (Å²) in [6, 6.07) is 4.32. The molecule has 8 heteroatoms. The Hall–Kier alpha value is -2.67. The molecule has 1 heterocycles. The average Bonchev–Trinajstić information content (AvgIpc) is 2.58. The number of Topliss-reactive ketones (excluding diaryl/α,β-unsaturated/α-hetero) is 1. The Balaban J connectivity index is 2.34. The van der Waals surface area contributed by atoms with Gasteiger partial charge >= 0.3 is 5.97 Å². The minimum Gasteiger partial charge on any atom is -0.466 e. The molecule has 0 aromatic heterocycles. The average molecular weight is 405 g/mol. The Morgan fingerprint density at radius 1 is 1.36 bits per heavy atom. The molecule has 1 aromatic rings. The lowest BCUT2D eigenvalue weighted by Crippen LogP contribution is -2.38. The molecule has 0 radical (unpaired) electrons. The quantitative estimate of drug-likeness (QED) is 0.464. The number of methoxy groups -OCH3 is 1. The van der Waals surface area contributed by atoms with Crippen LogP contribution in [0.25, 0.3) is 0 Å². The van der Waals surface area contributed by atoms with Crippen LogP contribution in [0.4, 0.5) is 5.69 Å². The predicted molar refractivity (Wildman–Crippen MR) is 104 cm³/mol. The van der Waals surface area contributed by atoms with Gasteiger partial charge in [-0.15, -0.1) is 0 Å². The first-order valence-electron chi connectivity index (χ1n) is 8.82. The maximum Gasteiger partial charge on any atom is 0.336 e. The van der Waals surface area contributed by atoms with E-state index in [2.05, 4.69) is 5.32 Å². The normalized spacial score (nSPS) is 21.2. The highest BCUT2D eigenvalue weighted by molar-refractivity contribution is 6.32. The molecule has 3 rings (SSSR count). The molecule has 0 saturated carbocycles. The molecule has 1 aliphatic heterocycles. The number of ether oxygens (including phenoxy) is 1. The third-order valence-corrected chi connectivity index (χ3v) is 5.49. The number of dihydropyridines is 1. The molecular weight excluding hydrogens is 384 g/mol. The van der Waals surface area contributed by atoms with Crippen LogP contribution < -0.4 is 5.32 Å². The van der Waals surface area contributed by atoms with Crippen LogP contribution in [0.15, 0.2) is 40.7 Å². The molecule has 148 valence electrons. The van der Waals surface area contributed by atoms with Gasteiger partial charge in [-0.3, -0.25) is 14.9 Å². The SMILES string of the molecule is COC(=O)C1=C(C)NC2=C(C(=O)CC(C)(C)C2)C1c1c(Cl)cccc1[N+](=O)[O-]. The van der Waals surface area contributed by atoms with Crippen molar-refractivity contribution >= 4 is 29.0 Å². The van der Waals surface area contributed by atoms with Gasteiger partial charge in [-0.05, 0) is 24.8 Å². The molecule has 2 aliphatic rings. The van der Waals surface area contributed by atoms with Crippen molar-refractivity contribution in [3.05, 3.63) is 61.4 Å². The molecule has 1 aliphatic carbocycles. The van der Waals surface area contributed by atoms with Crippen molar-refractivity contribution < 1.29 is 19.2 Å². The zero-order valence-corrected chi connectivity index (χ0v) is 16.8. The number of allylic oxidation sites excluding steroid dienone is 3. The van der Waals surface area contributed by atoms with Gasteiger partial charge < -0.3 is 10.1 Å². The van der Waals surface area contributed by atoms with E-state index >= 15 is 0 Å². The number of halogens is 1. The smallest absolute Gasteiger partial charge is 0.336 e. The monoisotopic (exact) mass is 404 g/mol. The van der Waals surface area contributed by atoms with Gasteiger partial charge in [0.25, 0.3) is 5.69 Å². The fraction of sp³-hybridized carbons (Fsp3) is 0.400. The van der Waals surface area contributed by atoms with Gasteiger partial charge in [0.15, 0.2) is 5.78 Å². The summed E-state index contributed by atoms with van der Waals surface area (Å²) >= 11 is 6.37. The summed E-state index contributed by atoms with van der Waals surface area (Å²) in [5.74, 6) is -1.78. The first-order valence-corrected chi connectivity index (χ1v) is 9.20. The lowest BCUT2D eigenvalue weighted by Gasteiger charge is -2.39. The van der Waals surface area contributed by atoms with E-state index in [1.54, 1.807) is 6.92 Å². The van der Waals surface area contributed by atoms with Crippen molar-refractivity contribution in [3.63, 3.8) is 0 Å². The van der Waals surface area contributed by atoms with E-state index in [4.69, 9.17) is 16.3 Å². The number of carbonyl (C=O) groups excluding carboxylic acids is 2. The summed E-state index contributed by atoms with van der Waals surface area (Å²) in [7, 11) is 1.23. The first-order chi connectivity index (χ1) is 13.1. The number of nitro groups is 1. The number of ketones is 1. The van der Waals surface area contributed by atoms with Crippen LogP contribution in [0, 0.1) is 15.5 Å². The molecule has 1 unspecified atom stereocenters. The summed E-state index contributed by atoms with van der Waals surface area (Å²) in [6.45, 7) is 5.66. The summed E-state index contributed by atoms with van der Waals surface area (Å²) in [6.07, 6.45) is 0.852. The highest BCUT2D eigenvalue weighted by Gasteiger charge is 2.45. The van der Waals surface area contributed by atoms with Gasteiger partial charge in [-0.25, -0.2) is 4.79 Å². The minimum atomic E-state index is -0.957. The summed E-state index contributed by atoms with van der Waals surface area (Å²) < 4.78 is 4.92. The molecule has 7 nitrogen and oxygen atoms in total. The van der Waals surface area contributed by atoms with Crippen molar-refractivity contribution in [2.75, 3.05) is 7.11 Å². The second-order valence-electron chi connectivity index (χ2n) is 7.85. The number of nitrogens with one attached hydrogen (secondary N) is 1. The van der Waals surface area contributed by atoms with E-state index in [9.17, 15) is 19.7 Å². The maximum atomic E-state index is 13.1. The van der Waals surface area contributed by atoms with E-state index in [1.807, 2.05) is 13.8 Å². The topological polar surface area (TPSA) is 98.5 Å². The molecule has 1 aromatic carbocycles. The van der Waals surface area contributed by atoms with Crippen LogP contribution in [0.5, 0.6) is 0 Å². The van der Waals surface area contributed by atoms with E-state index < -0.39 is 16.8 Å². The van der Waals surface area contributed by atoms with Crippen molar-refractivity contribution in [3.8, 4) is 0 Å². The standard InChI is InChI=1S/C20H21ClN2O5/c1-10-15(19(25)28-4)18(16-11(21)6-5-7-13(16)23(26)27)17-12(22-10)8-20(2,3)9-14(17)24/h5-7,18,22H,8-9H2,1-4H3. The highest BCUT2D eigenvalue weighted by atomic mass is 35.5. The molecule has 0 bridgehead atoms. The van der Waals surface area contributed by atoms with Crippen molar-refractivity contribution in [1.82, 2.24) is 5.32 Å². The Labute approximate surface area is 167 Å². The number of nitrogens with zero attached hydrogens (tertiary/aromatic N) is 1. The van der Waals surface area contributed by atoms with Gasteiger partial charge in [0.1, 0.15) is 0 Å². The van der Waals surface area contributed by atoms with Gasteiger partial charge in [0.2, 0.25) is 0 Å². The largest absolute Gasteiger partial charge is 0.466 e. The Morgan fingerprint density at radius 2 is 2.04 bits per heavy atom. The van der Waals surface area contributed by atoms with E-state index in [0.29, 0.717) is 23.4 Å². The number of carbonyl (C=O) groups is 2. The minimum absolute atomic E-state index is 0.125. The highest BCUT2D eigenvalue weighted by Crippen LogP contribution is 2.50. The number of hydrogen-bond acceptors (Lipinski definition) is 6. The number of benzene rings is 1. The number of nitro benzene ring substituents is 1. The van der Waals surface area contributed by atoms with Crippen molar-refractivity contribution in [2.45, 2.75) is 39.5 Å². The van der Waals surface area contributed by atoms with Crippen LogP contribution in [0.1, 0.15) is 45.1 Å². The second kappa shape index (κ2) is 7.05. The van der Waals surface area contributed by atoms with Crippen molar-refractivity contribution in [1.29, 1.82) is 0 Å². The lowest BCUT2D eigenvalue weighted by molar-refractivity contribution is -0.385. The van der Waals surface area contributed by atoms with Gasteiger partial charge in [-0.1, -0.05) is 31.5 Å². The Morgan fingerprint density at radius 3 is 2.64 bits per heavy atom. The number of esters is 1. The fourth-order valence-electron chi connectivity index (χ4n) is 4.08. The Bertz CT molecular complexity index is 961. The van der Waals surface area contributed by atoms with Crippen LogP contribution in [0.2, 0.25) is 5.02 Å². The summed E-state index contributed by atoms with van der Waals surface area (Å²) in [4.78, 5) is 36.8. The van der Waals surface area contributed by atoms with E-state index in [0.717, 1.165) is 0 Å². The fourth-order valence-corrected chi connectivity index (χ4v) is 4.35. The molecule has 0 saturated heterocycles. The summed E-state index contributed by atoms with van der Waals surface area (Å²) in [5.41, 5.74) is 1.31. The molecule has 28 heavy (non-hydrogen) atoms. The number of hydrogen-bond donors (Lipinski definition) is 1. The van der Waals surface area contributed by atoms with Gasteiger partial charge in [-0.2, -0.15) is 0 Å². The lowest BCUT2D eigenvalue weighted by atomic mass is 9.68. The van der Waals surface area contributed by atoms with E-state index in [-0.39, 0.29) is 39.5 Å². The van der Waals surface area contributed by atoms with Crippen LogP contribution in [-0.4, -0.2) is 23.8 Å². The molecule has 0 fully saturated rings. The van der Waals surface area contributed by atoms with Crippen LogP contribution >= 0.6 is 11.6 Å². The Kier molecular flexibility index (Phi) is 5.06. The first kappa shape index (κ1) is 20.1. The second-order valence-corrected chi connectivity index (χ2v) is 8.26. The third kappa shape index (κ3) is 3.30. The molecular formula is C20H21ClN2O5. The third-order valence-electron chi connectivity index (χ3n) is 5.16. The molecule has 1 N–H and O–H groups in total. The van der Waals surface area contributed by atoms with Crippen molar-refractivity contribution in [2.24, 2.45) is 5.41 Å².